The van der Waals surface area contributed by atoms with Gasteiger partial charge in [0, 0.05) is 12.0 Å². The number of hydrogen-bond acceptors (Lipinski definition) is 3. The molecule has 0 saturated heterocycles. The van der Waals surface area contributed by atoms with Crippen LogP contribution in [-0.2, 0) is 9.53 Å². The Bertz CT molecular complexity index is 364. The Morgan fingerprint density at radius 3 is 2.47 bits per heavy atom. The van der Waals surface area contributed by atoms with E-state index in [-0.39, 0.29) is 30.2 Å². The Hall–Kier alpha value is -1.42. The molecule has 0 saturated carbocycles. The molecule has 0 bridgehead atoms. The number of methoxy groups -OCH3 is 1. The van der Waals surface area contributed by atoms with Gasteiger partial charge >= 0.3 is 5.97 Å². The molecule has 0 amide bonds. The molecule has 1 aromatic carbocycles. The van der Waals surface area contributed by atoms with Gasteiger partial charge in [-0.3, -0.25) is 4.79 Å². The lowest BCUT2D eigenvalue weighted by atomic mass is 9.88. The lowest BCUT2D eigenvalue weighted by molar-refractivity contribution is -0.141. The third-order valence-electron chi connectivity index (χ3n) is 2.90. The first kappa shape index (κ1) is 13.6. The lowest BCUT2D eigenvalue weighted by Gasteiger charge is -2.22. The number of carbonyl (C=O) groups excluding carboxylic acids is 1. The average molecular weight is 239 g/mol. The van der Waals surface area contributed by atoms with Gasteiger partial charge in [0.2, 0.25) is 0 Å². The first-order valence-electron chi connectivity index (χ1n) is 5.66. The smallest absolute Gasteiger partial charge is 0.306 e. The van der Waals surface area contributed by atoms with Gasteiger partial charge in [0.1, 0.15) is 5.82 Å². The van der Waals surface area contributed by atoms with Crippen molar-refractivity contribution < 1.29 is 13.9 Å². The van der Waals surface area contributed by atoms with Crippen molar-refractivity contribution in [1.29, 1.82) is 0 Å². The predicted octanol–water partition coefficient (Wildman–Crippen LogP) is 2.21. The minimum Gasteiger partial charge on any atom is -0.469 e. The minimum atomic E-state index is -0.303. The molecule has 94 valence electrons. The summed E-state index contributed by atoms with van der Waals surface area (Å²) in [6.07, 6.45) is 0.968. The van der Waals surface area contributed by atoms with Crippen LogP contribution in [0.3, 0.4) is 0 Å². The number of rotatable bonds is 5. The molecule has 0 aliphatic heterocycles. The Morgan fingerprint density at radius 1 is 1.41 bits per heavy atom. The van der Waals surface area contributed by atoms with Crippen LogP contribution in [0.5, 0.6) is 0 Å². The van der Waals surface area contributed by atoms with Crippen molar-refractivity contribution in [3.63, 3.8) is 0 Å². The predicted molar refractivity (Wildman–Crippen MR) is 64.0 cm³/mol. The topological polar surface area (TPSA) is 52.3 Å². The van der Waals surface area contributed by atoms with Crippen molar-refractivity contribution in [2.75, 3.05) is 7.11 Å². The second-order valence-electron chi connectivity index (χ2n) is 4.01. The highest BCUT2D eigenvalue weighted by atomic mass is 19.1. The van der Waals surface area contributed by atoms with E-state index in [9.17, 15) is 9.18 Å². The van der Waals surface area contributed by atoms with E-state index in [1.807, 2.05) is 6.92 Å². The highest BCUT2D eigenvalue weighted by Crippen LogP contribution is 2.24. The quantitative estimate of drug-likeness (QED) is 0.801. The van der Waals surface area contributed by atoms with E-state index in [2.05, 4.69) is 4.74 Å². The summed E-state index contributed by atoms with van der Waals surface area (Å²) in [5.41, 5.74) is 6.86. The molecular weight excluding hydrogens is 221 g/mol. The van der Waals surface area contributed by atoms with E-state index in [1.54, 1.807) is 12.1 Å². The van der Waals surface area contributed by atoms with Crippen LogP contribution >= 0.6 is 0 Å². The zero-order chi connectivity index (χ0) is 12.8. The summed E-state index contributed by atoms with van der Waals surface area (Å²) in [6, 6.07) is 5.94. The number of hydrogen-bond donors (Lipinski definition) is 1. The van der Waals surface area contributed by atoms with Crippen LogP contribution in [0.4, 0.5) is 4.39 Å². The van der Waals surface area contributed by atoms with Gasteiger partial charge in [-0.1, -0.05) is 19.1 Å². The molecule has 0 heterocycles. The van der Waals surface area contributed by atoms with Gasteiger partial charge in [-0.05, 0) is 24.1 Å². The molecule has 0 aromatic heterocycles. The van der Waals surface area contributed by atoms with Crippen LogP contribution in [0.2, 0.25) is 0 Å². The van der Waals surface area contributed by atoms with E-state index in [0.29, 0.717) is 0 Å². The Labute approximate surface area is 101 Å². The van der Waals surface area contributed by atoms with Crippen molar-refractivity contribution in [3.8, 4) is 0 Å². The second kappa shape index (κ2) is 6.35. The van der Waals surface area contributed by atoms with Gasteiger partial charge in [0.05, 0.1) is 13.5 Å². The molecule has 0 fully saturated rings. The minimum absolute atomic E-state index is 0.131. The Morgan fingerprint density at radius 2 is 2.00 bits per heavy atom. The first-order chi connectivity index (χ1) is 8.08. The van der Waals surface area contributed by atoms with Crippen molar-refractivity contribution >= 4 is 5.97 Å². The molecule has 0 radical (unpaired) electrons. The summed E-state index contributed by atoms with van der Waals surface area (Å²) in [6.45, 7) is 1.96. The molecule has 3 nitrogen and oxygen atoms in total. The Kier molecular flexibility index (Phi) is 5.10. The summed E-state index contributed by atoms with van der Waals surface area (Å²) in [5.74, 6) is -0.730. The number of esters is 1. The van der Waals surface area contributed by atoms with Crippen LogP contribution in [0.25, 0.3) is 0 Å². The van der Waals surface area contributed by atoms with E-state index in [4.69, 9.17) is 5.73 Å². The zero-order valence-electron chi connectivity index (χ0n) is 10.2. The van der Waals surface area contributed by atoms with E-state index < -0.39 is 0 Å². The molecule has 4 heteroatoms. The zero-order valence-corrected chi connectivity index (χ0v) is 10.2. The maximum atomic E-state index is 12.8. The maximum absolute atomic E-state index is 12.8. The molecule has 0 spiro atoms. The molecule has 2 N–H and O–H groups in total. The fourth-order valence-electron chi connectivity index (χ4n) is 1.77. The van der Waals surface area contributed by atoms with Gasteiger partial charge in [0.25, 0.3) is 0 Å². The van der Waals surface area contributed by atoms with E-state index in [1.165, 1.54) is 19.2 Å². The Balaban J connectivity index is 2.89. The van der Waals surface area contributed by atoms with Crippen LogP contribution in [0.1, 0.15) is 31.2 Å². The van der Waals surface area contributed by atoms with Crippen LogP contribution < -0.4 is 5.73 Å². The molecule has 2 unspecified atom stereocenters. The molecular formula is C13H18FNO2. The highest BCUT2D eigenvalue weighted by molar-refractivity contribution is 5.70. The van der Waals surface area contributed by atoms with Crippen molar-refractivity contribution in [1.82, 2.24) is 0 Å². The number of carbonyl (C=O) groups is 1. The molecule has 0 aliphatic rings. The van der Waals surface area contributed by atoms with E-state index in [0.717, 1.165) is 12.0 Å². The summed E-state index contributed by atoms with van der Waals surface area (Å²) < 4.78 is 17.5. The molecule has 17 heavy (non-hydrogen) atoms. The number of halogens is 1. The van der Waals surface area contributed by atoms with Gasteiger partial charge < -0.3 is 10.5 Å². The van der Waals surface area contributed by atoms with Gasteiger partial charge in [0.15, 0.2) is 0 Å². The number of ether oxygens (including phenoxy) is 1. The summed E-state index contributed by atoms with van der Waals surface area (Å²) in [7, 11) is 1.35. The largest absolute Gasteiger partial charge is 0.469 e. The first-order valence-corrected chi connectivity index (χ1v) is 5.66. The molecule has 0 aliphatic carbocycles. The van der Waals surface area contributed by atoms with Crippen LogP contribution in [0.15, 0.2) is 24.3 Å². The number of benzene rings is 1. The summed E-state index contributed by atoms with van der Waals surface area (Å²) in [5, 5.41) is 0. The van der Waals surface area contributed by atoms with Crippen molar-refractivity contribution in [2.24, 2.45) is 5.73 Å². The van der Waals surface area contributed by atoms with Crippen molar-refractivity contribution in [2.45, 2.75) is 31.7 Å². The van der Waals surface area contributed by atoms with Gasteiger partial charge in [-0.15, -0.1) is 0 Å². The molecule has 2 atom stereocenters. The molecule has 1 aromatic rings. The van der Waals surface area contributed by atoms with Gasteiger partial charge in [-0.2, -0.15) is 0 Å². The third-order valence-corrected chi connectivity index (χ3v) is 2.90. The second-order valence-corrected chi connectivity index (χ2v) is 4.01. The standard InChI is InChI=1S/C13H18FNO2/c1-3-12(15)11(8-13(16)17-2)9-4-6-10(14)7-5-9/h4-7,11-12H,3,8,15H2,1-2H3. The average Bonchev–Trinajstić information content (AvgIpc) is 2.36. The maximum Gasteiger partial charge on any atom is 0.306 e. The van der Waals surface area contributed by atoms with Gasteiger partial charge in [-0.25, -0.2) is 4.39 Å². The summed E-state index contributed by atoms with van der Waals surface area (Å²) in [4.78, 5) is 11.3. The van der Waals surface area contributed by atoms with Crippen LogP contribution in [0, 0.1) is 5.82 Å². The van der Waals surface area contributed by atoms with E-state index >= 15 is 0 Å². The third kappa shape index (κ3) is 3.82. The fraction of sp³-hybridized carbons (Fsp3) is 0.462. The normalized spacial score (nSPS) is 14.1. The number of nitrogens with two attached hydrogens (primary N) is 1. The lowest BCUT2D eigenvalue weighted by Crippen LogP contribution is -2.29. The highest BCUT2D eigenvalue weighted by Gasteiger charge is 2.22. The fourth-order valence-corrected chi connectivity index (χ4v) is 1.77. The molecule has 1 rings (SSSR count). The SMILES string of the molecule is CCC(N)C(CC(=O)OC)c1ccc(F)cc1. The summed E-state index contributed by atoms with van der Waals surface area (Å²) >= 11 is 0. The van der Waals surface area contributed by atoms with Crippen LogP contribution in [-0.4, -0.2) is 19.1 Å². The monoisotopic (exact) mass is 239 g/mol. The van der Waals surface area contributed by atoms with Crippen molar-refractivity contribution in [3.05, 3.63) is 35.6 Å².